The van der Waals surface area contributed by atoms with Crippen molar-refractivity contribution >= 4 is 28.6 Å². The molecule has 0 spiro atoms. The molecule has 0 radical (unpaired) electrons. The minimum atomic E-state index is -0.0243. The molecule has 0 amide bonds. The number of ether oxygens (including phenoxy) is 1. The normalized spacial score (nSPS) is 20.8. The number of carbonyl (C=O) groups is 1. The van der Waals surface area contributed by atoms with Crippen LogP contribution in [0.1, 0.15) is 39.0 Å². The van der Waals surface area contributed by atoms with Crippen molar-refractivity contribution in [2.75, 3.05) is 0 Å². The summed E-state index contributed by atoms with van der Waals surface area (Å²) in [5.74, 6) is 0.580. The van der Waals surface area contributed by atoms with Crippen LogP contribution in [0.25, 0.3) is 0 Å². The predicted molar refractivity (Wildman–Crippen MR) is 56.1 cm³/mol. The topological polar surface area (TPSA) is 26.3 Å². The fourth-order valence-corrected chi connectivity index (χ4v) is 1.96. The molecule has 1 unspecified atom stereocenters. The summed E-state index contributed by atoms with van der Waals surface area (Å²) < 4.78 is 5.07. The average molecular weight is 282 g/mol. The standard InChI is InChI=1S/C9H15IO2/c1-7(10)12-9(11)6-8-4-2-3-5-8/h7-8H,2-6H2,1H3. The van der Waals surface area contributed by atoms with Gasteiger partial charge in [0, 0.05) is 6.42 Å². The molecule has 1 rings (SSSR count). The Kier molecular flexibility index (Phi) is 4.32. The lowest BCUT2D eigenvalue weighted by Crippen LogP contribution is -2.12. The van der Waals surface area contributed by atoms with Crippen molar-refractivity contribution in [3.63, 3.8) is 0 Å². The van der Waals surface area contributed by atoms with Crippen molar-refractivity contribution in [1.29, 1.82) is 0 Å². The van der Waals surface area contributed by atoms with Crippen molar-refractivity contribution in [3.05, 3.63) is 0 Å². The summed E-state index contributed by atoms with van der Waals surface area (Å²) in [4.78, 5) is 11.2. The highest BCUT2D eigenvalue weighted by Crippen LogP contribution is 2.27. The molecule has 2 nitrogen and oxygen atoms in total. The van der Waals surface area contributed by atoms with Crippen LogP contribution in [0.15, 0.2) is 0 Å². The Morgan fingerprint density at radius 2 is 2.17 bits per heavy atom. The van der Waals surface area contributed by atoms with Crippen molar-refractivity contribution in [1.82, 2.24) is 0 Å². The molecule has 0 aromatic heterocycles. The van der Waals surface area contributed by atoms with Crippen LogP contribution in [-0.4, -0.2) is 10.1 Å². The van der Waals surface area contributed by atoms with E-state index < -0.39 is 0 Å². The highest BCUT2D eigenvalue weighted by molar-refractivity contribution is 14.1. The summed E-state index contributed by atoms with van der Waals surface area (Å²) >= 11 is 2.10. The lowest BCUT2D eigenvalue weighted by atomic mass is 10.1. The highest BCUT2D eigenvalue weighted by atomic mass is 127. The average Bonchev–Trinajstić information content (AvgIpc) is 2.37. The third kappa shape index (κ3) is 3.74. The summed E-state index contributed by atoms with van der Waals surface area (Å²) in [6, 6.07) is 0. The first-order chi connectivity index (χ1) is 5.68. The molecule has 0 N–H and O–H groups in total. The maximum atomic E-state index is 11.2. The molecule has 0 aromatic rings. The number of hydrogen-bond acceptors (Lipinski definition) is 2. The van der Waals surface area contributed by atoms with E-state index in [-0.39, 0.29) is 10.1 Å². The Morgan fingerprint density at radius 1 is 1.58 bits per heavy atom. The molecule has 0 heterocycles. The summed E-state index contributed by atoms with van der Waals surface area (Å²) in [5, 5.41) is 0. The molecule has 70 valence electrons. The first-order valence-corrected chi connectivity index (χ1v) is 5.76. The van der Waals surface area contributed by atoms with Gasteiger partial charge in [-0.25, -0.2) is 0 Å². The maximum absolute atomic E-state index is 11.2. The fraction of sp³-hybridized carbons (Fsp3) is 0.889. The number of carbonyl (C=O) groups excluding carboxylic acids is 1. The molecular formula is C9H15IO2. The number of rotatable bonds is 3. The molecule has 1 aliphatic rings. The first-order valence-electron chi connectivity index (χ1n) is 4.52. The van der Waals surface area contributed by atoms with Crippen LogP contribution in [0.2, 0.25) is 0 Å². The lowest BCUT2D eigenvalue weighted by Gasteiger charge is -2.09. The Labute approximate surface area is 87.2 Å². The zero-order chi connectivity index (χ0) is 8.97. The summed E-state index contributed by atoms with van der Waals surface area (Å²) in [6.07, 6.45) is 5.64. The summed E-state index contributed by atoms with van der Waals surface area (Å²) in [7, 11) is 0. The zero-order valence-corrected chi connectivity index (χ0v) is 9.54. The van der Waals surface area contributed by atoms with E-state index in [4.69, 9.17) is 4.74 Å². The maximum Gasteiger partial charge on any atom is 0.307 e. The molecule has 1 aliphatic carbocycles. The second-order valence-corrected chi connectivity index (χ2v) is 5.14. The smallest absolute Gasteiger partial charge is 0.307 e. The molecule has 1 atom stereocenters. The number of hydrogen-bond donors (Lipinski definition) is 0. The van der Waals surface area contributed by atoms with Crippen LogP contribution in [0.4, 0.5) is 0 Å². The minimum Gasteiger partial charge on any atom is -0.452 e. The second-order valence-electron chi connectivity index (χ2n) is 3.39. The Hall–Kier alpha value is 0.200. The van der Waals surface area contributed by atoms with Crippen molar-refractivity contribution < 1.29 is 9.53 Å². The number of alkyl halides is 1. The van der Waals surface area contributed by atoms with Gasteiger partial charge in [-0.15, -0.1) is 0 Å². The van der Waals surface area contributed by atoms with Gasteiger partial charge in [-0.05, 0) is 48.3 Å². The van der Waals surface area contributed by atoms with Gasteiger partial charge >= 0.3 is 5.97 Å². The monoisotopic (exact) mass is 282 g/mol. The van der Waals surface area contributed by atoms with Gasteiger partial charge in [-0.3, -0.25) is 4.79 Å². The van der Waals surface area contributed by atoms with Gasteiger partial charge in [0.1, 0.15) is 4.11 Å². The highest BCUT2D eigenvalue weighted by Gasteiger charge is 2.19. The van der Waals surface area contributed by atoms with E-state index >= 15 is 0 Å². The van der Waals surface area contributed by atoms with E-state index in [9.17, 15) is 4.79 Å². The van der Waals surface area contributed by atoms with Crippen molar-refractivity contribution in [2.24, 2.45) is 5.92 Å². The van der Waals surface area contributed by atoms with E-state index in [0.29, 0.717) is 12.3 Å². The van der Waals surface area contributed by atoms with Crippen LogP contribution in [-0.2, 0) is 9.53 Å². The van der Waals surface area contributed by atoms with Gasteiger partial charge in [0.15, 0.2) is 0 Å². The van der Waals surface area contributed by atoms with E-state index in [2.05, 4.69) is 22.6 Å². The van der Waals surface area contributed by atoms with E-state index in [1.165, 1.54) is 25.7 Å². The zero-order valence-electron chi connectivity index (χ0n) is 7.38. The van der Waals surface area contributed by atoms with E-state index in [1.807, 2.05) is 6.92 Å². The predicted octanol–water partition coefficient (Wildman–Crippen LogP) is 2.89. The third-order valence-corrected chi connectivity index (χ3v) is 2.48. The third-order valence-electron chi connectivity index (χ3n) is 2.22. The molecule has 1 fully saturated rings. The van der Waals surface area contributed by atoms with Crippen molar-refractivity contribution in [3.8, 4) is 0 Å². The van der Waals surface area contributed by atoms with Gasteiger partial charge in [0.05, 0.1) is 0 Å². The quantitative estimate of drug-likeness (QED) is 0.452. The van der Waals surface area contributed by atoms with Gasteiger partial charge in [0.2, 0.25) is 0 Å². The van der Waals surface area contributed by atoms with Crippen LogP contribution in [0.5, 0.6) is 0 Å². The number of esters is 1. The van der Waals surface area contributed by atoms with Gasteiger partial charge in [0.25, 0.3) is 0 Å². The fourth-order valence-electron chi connectivity index (χ4n) is 1.68. The van der Waals surface area contributed by atoms with Crippen LogP contribution in [0.3, 0.4) is 0 Å². The molecule has 1 saturated carbocycles. The molecule has 0 saturated heterocycles. The largest absolute Gasteiger partial charge is 0.452 e. The Balaban J connectivity index is 2.16. The molecular weight excluding hydrogens is 267 g/mol. The summed E-state index contributed by atoms with van der Waals surface area (Å²) in [5.41, 5.74) is 0. The molecule has 0 aliphatic heterocycles. The number of halogens is 1. The molecule has 0 aromatic carbocycles. The molecule has 12 heavy (non-hydrogen) atoms. The minimum absolute atomic E-state index is 0.0107. The molecule has 3 heteroatoms. The first kappa shape index (κ1) is 10.3. The lowest BCUT2D eigenvalue weighted by molar-refractivity contribution is -0.144. The van der Waals surface area contributed by atoms with Gasteiger partial charge < -0.3 is 4.74 Å². The van der Waals surface area contributed by atoms with Crippen LogP contribution < -0.4 is 0 Å². The van der Waals surface area contributed by atoms with Crippen molar-refractivity contribution in [2.45, 2.75) is 43.1 Å². The Bertz CT molecular complexity index is 151. The summed E-state index contributed by atoms with van der Waals surface area (Å²) in [6.45, 7) is 1.88. The van der Waals surface area contributed by atoms with Gasteiger partial charge in [-0.1, -0.05) is 12.8 Å². The van der Waals surface area contributed by atoms with Crippen LogP contribution >= 0.6 is 22.6 Å². The SMILES string of the molecule is CC(I)OC(=O)CC1CCCC1. The Morgan fingerprint density at radius 3 is 2.67 bits per heavy atom. The van der Waals surface area contributed by atoms with Crippen LogP contribution in [0, 0.1) is 5.92 Å². The van der Waals surface area contributed by atoms with E-state index in [0.717, 1.165) is 0 Å². The molecule has 0 bridgehead atoms. The second kappa shape index (κ2) is 5.04. The van der Waals surface area contributed by atoms with Gasteiger partial charge in [-0.2, -0.15) is 0 Å². The van der Waals surface area contributed by atoms with E-state index in [1.54, 1.807) is 0 Å².